The SMILES string of the molecule is O=C(O)CC=Cc1cccc(-c2ccccc2)c1. The van der Waals surface area contributed by atoms with Crippen LogP contribution in [0.3, 0.4) is 0 Å². The van der Waals surface area contributed by atoms with Crippen molar-refractivity contribution < 1.29 is 9.90 Å². The highest BCUT2D eigenvalue weighted by Crippen LogP contribution is 2.20. The van der Waals surface area contributed by atoms with Gasteiger partial charge < -0.3 is 5.11 Å². The Kier molecular flexibility index (Phi) is 3.92. The Morgan fingerprint density at radius 1 is 1.00 bits per heavy atom. The summed E-state index contributed by atoms with van der Waals surface area (Å²) >= 11 is 0. The molecule has 2 aromatic rings. The molecule has 0 radical (unpaired) electrons. The van der Waals surface area contributed by atoms with E-state index < -0.39 is 5.97 Å². The van der Waals surface area contributed by atoms with Crippen LogP contribution in [0.5, 0.6) is 0 Å². The van der Waals surface area contributed by atoms with Gasteiger partial charge in [-0.3, -0.25) is 4.79 Å². The maximum absolute atomic E-state index is 10.4. The molecule has 2 nitrogen and oxygen atoms in total. The summed E-state index contributed by atoms with van der Waals surface area (Å²) < 4.78 is 0. The number of carboxylic acids is 1. The lowest BCUT2D eigenvalue weighted by atomic mass is 10.0. The van der Waals surface area contributed by atoms with E-state index in [-0.39, 0.29) is 6.42 Å². The summed E-state index contributed by atoms with van der Waals surface area (Å²) in [5.74, 6) is -0.814. The molecule has 18 heavy (non-hydrogen) atoms. The lowest BCUT2D eigenvalue weighted by Gasteiger charge is -2.02. The van der Waals surface area contributed by atoms with E-state index in [2.05, 4.69) is 12.1 Å². The smallest absolute Gasteiger partial charge is 0.307 e. The maximum atomic E-state index is 10.4. The van der Waals surface area contributed by atoms with E-state index in [1.807, 2.05) is 48.5 Å². The van der Waals surface area contributed by atoms with Gasteiger partial charge in [0.25, 0.3) is 0 Å². The number of carbonyl (C=O) groups is 1. The Bertz CT molecular complexity index is 556. The molecule has 0 amide bonds. The van der Waals surface area contributed by atoms with Crippen LogP contribution in [0.25, 0.3) is 17.2 Å². The molecule has 0 aromatic heterocycles. The topological polar surface area (TPSA) is 37.3 Å². The summed E-state index contributed by atoms with van der Waals surface area (Å²) in [5.41, 5.74) is 3.30. The van der Waals surface area contributed by atoms with Gasteiger partial charge in [-0.15, -0.1) is 0 Å². The van der Waals surface area contributed by atoms with E-state index in [0.29, 0.717) is 0 Å². The van der Waals surface area contributed by atoms with Crippen molar-refractivity contribution >= 4 is 12.0 Å². The van der Waals surface area contributed by atoms with Crippen LogP contribution in [0, 0.1) is 0 Å². The van der Waals surface area contributed by atoms with Crippen molar-refractivity contribution in [3.05, 3.63) is 66.2 Å². The van der Waals surface area contributed by atoms with Gasteiger partial charge in [-0.2, -0.15) is 0 Å². The first-order valence-electron chi connectivity index (χ1n) is 5.79. The average molecular weight is 238 g/mol. The molecular weight excluding hydrogens is 224 g/mol. The first kappa shape index (κ1) is 12.1. The van der Waals surface area contributed by atoms with Crippen molar-refractivity contribution in [2.75, 3.05) is 0 Å². The third-order valence-electron chi connectivity index (χ3n) is 2.60. The van der Waals surface area contributed by atoms with E-state index in [9.17, 15) is 4.79 Å². The van der Waals surface area contributed by atoms with Crippen molar-refractivity contribution in [2.45, 2.75) is 6.42 Å². The van der Waals surface area contributed by atoms with Gasteiger partial charge in [0.05, 0.1) is 6.42 Å². The minimum Gasteiger partial charge on any atom is -0.481 e. The van der Waals surface area contributed by atoms with Gasteiger partial charge >= 0.3 is 5.97 Å². The van der Waals surface area contributed by atoms with Gasteiger partial charge in [0.2, 0.25) is 0 Å². The number of rotatable bonds is 4. The average Bonchev–Trinajstić information content (AvgIpc) is 2.40. The molecule has 0 aliphatic heterocycles. The van der Waals surface area contributed by atoms with Crippen molar-refractivity contribution in [2.24, 2.45) is 0 Å². The third kappa shape index (κ3) is 3.32. The van der Waals surface area contributed by atoms with Crippen LogP contribution < -0.4 is 0 Å². The van der Waals surface area contributed by atoms with Crippen LogP contribution in [0.15, 0.2) is 60.7 Å². The largest absolute Gasteiger partial charge is 0.481 e. The lowest BCUT2D eigenvalue weighted by Crippen LogP contribution is -1.89. The minimum absolute atomic E-state index is 0.0512. The summed E-state index contributed by atoms with van der Waals surface area (Å²) in [4.78, 5) is 10.4. The molecule has 2 aromatic carbocycles. The zero-order chi connectivity index (χ0) is 12.8. The fraction of sp³-hybridized carbons (Fsp3) is 0.0625. The molecule has 2 heteroatoms. The molecule has 0 saturated heterocycles. The summed E-state index contributed by atoms with van der Waals surface area (Å²) in [6.07, 6.45) is 3.54. The Hall–Kier alpha value is -2.35. The fourth-order valence-electron chi connectivity index (χ4n) is 1.75. The second-order valence-corrected chi connectivity index (χ2v) is 3.99. The molecule has 0 spiro atoms. The predicted octanol–water partition coefficient (Wildman–Crippen LogP) is 3.84. The molecule has 0 unspecified atom stereocenters. The molecule has 0 aliphatic rings. The number of hydrogen-bond donors (Lipinski definition) is 1. The van der Waals surface area contributed by atoms with Crippen LogP contribution in [-0.4, -0.2) is 11.1 Å². The Morgan fingerprint density at radius 2 is 1.72 bits per heavy atom. The predicted molar refractivity (Wildman–Crippen MR) is 73.2 cm³/mol. The fourth-order valence-corrected chi connectivity index (χ4v) is 1.75. The van der Waals surface area contributed by atoms with E-state index in [1.165, 1.54) is 0 Å². The Labute approximate surface area is 106 Å². The highest BCUT2D eigenvalue weighted by atomic mass is 16.4. The monoisotopic (exact) mass is 238 g/mol. The van der Waals surface area contributed by atoms with Gasteiger partial charge in [-0.05, 0) is 22.8 Å². The normalized spacial score (nSPS) is 10.7. The molecule has 2 rings (SSSR count). The van der Waals surface area contributed by atoms with Gasteiger partial charge in [0.1, 0.15) is 0 Å². The maximum Gasteiger partial charge on any atom is 0.307 e. The lowest BCUT2D eigenvalue weighted by molar-refractivity contribution is -0.135. The number of benzene rings is 2. The van der Waals surface area contributed by atoms with Crippen molar-refractivity contribution in [3.8, 4) is 11.1 Å². The van der Waals surface area contributed by atoms with E-state index in [0.717, 1.165) is 16.7 Å². The highest BCUT2D eigenvalue weighted by molar-refractivity contribution is 5.71. The minimum atomic E-state index is -0.814. The highest BCUT2D eigenvalue weighted by Gasteiger charge is 1.97. The number of carboxylic acid groups (broad SMARTS) is 1. The summed E-state index contributed by atoms with van der Waals surface area (Å²) in [5, 5.41) is 8.57. The number of aliphatic carboxylic acids is 1. The molecule has 0 saturated carbocycles. The Morgan fingerprint density at radius 3 is 2.44 bits per heavy atom. The molecule has 0 aliphatic carbocycles. The van der Waals surface area contributed by atoms with Crippen LogP contribution in [0.2, 0.25) is 0 Å². The third-order valence-corrected chi connectivity index (χ3v) is 2.60. The quantitative estimate of drug-likeness (QED) is 0.878. The molecular formula is C16H14O2. The van der Waals surface area contributed by atoms with Gasteiger partial charge in [-0.25, -0.2) is 0 Å². The first-order valence-corrected chi connectivity index (χ1v) is 5.79. The van der Waals surface area contributed by atoms with Crippen molar-refractivity contribution in [1.82, 2.24) is 0 Å². The second-order valence-electron chi connectivity index (χ2n) is 3.99. The first-order chi connectivity index (χ1) is 8.75. The van der Waals surface area contributed by atoms with Crippen molar-refractivity contribution in [1.29, 1.82) is 0 Å². The van der Waals surface area contributed by atoms with Gasteiger partial charge in [0, 0.05) is 0 Å². The summed E-state index contributed by atoms with van der Waals surface area (Å²) in [6, 6.07) is 18.1. The molecule has 0 bridgehead atoms. The molecule has 0 atom stereocenters. The van der Waals surface area contributed by atoms with Gasteiger partial charge in [0.15, 0.2) is 0 Å². The van der Waals surface area contributed by atoms with Crippen LogP contribution >= 0.6 is 0 Å². The molecule has 0 fully saturated rings. The zero-order valence-corrected chi connectivity index (χ0v) is 9.91. The Balaban J connectivity index is 2.20. The molecule has 1 N–H and O–H groups in total. The second kappa shape index (κ2) is 5.82. The summed E-state index contributed by atoms with van der Waals surface area (Å²) in [6.45, 7) is 0. The van der Waals surface area contributed by atoms with E-state index in [1.54, 1.807) is 6.08 Å². The van der Waals surface area contributed by atoms with E-state index in [4.69, 9.17) is 5.11 Å². The zero-order valence-electron chi connectivity index (χ0n) is 9.91. The standard InChI is InChI=1S/C16H14O2/c17-16(18)11-5-7-13-6-4-10-15(12-13)14-8-2-1-3-9-14/h1-10,12H,11H2,(H,17,18). The van der Waals surface area contributed by atoms with Gasteiger partial charge in [-0.1, -0.05) is 60.7 Å². The number of hydrogen-bond acceptors (Lipinski definition) is 1. The molecule has 0 heterocycles. The van der Waals surface area contributed by atoms with E-state index >= 15 is 0 Å². The van der Waals surface area contributed by atoms with Crippen LogP contribution in [0.4, 0.5) is 0 Å². The van der Waals surface area contributed by atoms with Crippen molar-refractivity contribution in [3.63, 3.8) is 0 Å². The van der Waals surface area contributed by atoms with Crippen LogP contribution in [0.1, 0.15) is 12.0 Å². The summed E-state index contributed by atoms with van der Waals surface area (Å²) in [7, 11) is 0. The van der Waals surface area contributed by atoms with Crippen LogP contribution in [-0.2, 0) is 4.79 Å². The molecule has 90 valence electrons.